The molecular weight excluding hydrogens is 440 g/mol. The normalized spacial score (nSPS) is 11.0. The van der Waals surface area contributed by atoms with Crippen molar-refractivity contribution in [1.29, 1.82) is 0 Å². The number of thiophene rings is 1. The van der Waals surface area contributed by atoms with E-state index in [-0.39, 0.29) is 21.0 Å². The number of carboxylic acids is 1. The Labute approximate surface area is 183 Å². The Balaban J connectivity index is 1.86. The van der Waals surface area contributed by atoms with Crippen LogP contribution in [0.2, 0.25) is 0 Å². The second-order valence-corrected chi connectivity index (χ2v) is 8.98. The van der Waals surface area contributed by atoms with Crippen LogP contribution in [0.4, 0.5) is 11.4 Å². The number of sulfonamides is 1. The fourth-order valence-corrected chi connectivity index (χ4v) is 5.59. The van der Waals surface area contributed by atoms with E-state index >= 15 is 0 Å². The van der Waals surface area contributed by atoms with E-state index < -0.39 is 21.9 Å². The van der Waals surface area contributed by atoms with Gasteiger partial charge in [0.05, 0.1) is 12.2 Å². The quantitative estimate of drug-likeness (QED) is 0.463. The van der Waals surface area contributed by atoms with Gasteiger partial charge in [-0.1, -0.05) is 6.07 Å². The number of rotatable bonds is 8. The van der Waals surface area contributed by atoms with E-state index in [4.69, 9.17) is 9.84 Å². The van der Waals surface area contributed by atoms with Crippen LogP contribution >= 0.6 is 11.3 Å². The smallest absolute Gasteiger partial charge is 0.335 e. The number of hydrogen-bond acceptors (Lipinski definition) is 6. The Kier molecular flexibility index (Phi) is 6.62. The molecule has 1 amide bonds. The van der Waals surface area contributed by atoms with E-state index in [9.17, 15) is 18.0 Å². The van der Waals surface area contributed by atoms with Gasteiger partial charge in [0.15, 0.2) is 0 Å². The van der Waals surface area contributed by atoms with E-state index in [1.54, 1.807) is 36.6 Å². The lowest BCUT2D eigenvalue weighted by Gasteiger charge is -2.11. The minimum absolute atomic E-state index is 0.00309. The summed E-state index contributed by atoms with van der Waals surface area (Å²) < 4.78 is 33.9. The second kappa shape index (κ2) is 9.19. The highest BCUT2D eigenvalue weighted by atomic mass is 32.2. The molecule has 3 aromatic rings. The van der Waals surface area contributed by atoms with Crippen LogP contribution < -0.4 is 14.8 Å². The molecule has 1 aromatic heterocycles. The number of aromatic carboxylic acids is 1. The Morgan fingerprint density at radius 1 is 1.10 bits per heavy atom. The van der Waals surface area contributed by atoms with E-state index in [2.05, 4.69) is 10.0 Å². The number of aryl methyl sites for hydroxylation is 1. The van der Waals surface area contributed by atoms with Gasteiger partial charge in [0.1, 0.15) is 15.5 Å². The molecule has 0 spiro atoms. The van der Waals surface area contributed by atoms with Crippen molar-refractivity contribution in [2.75, 3.05) is 16.6 Å². The van der Waals surface area contributed by atoms with Gasteiger partial charge in [0, 0.05) is 11.4 Å². The lowest BCUT2D eigenvalue weighted by Crippen LogP contribution is -2.19. The summed E-state index contributed by atoms with van der Waals surface area (Å²) in [6.07, 6.45) is 0. The zero-order valence-electron chi connectivity index (χ0n) is 16.7. The molecule has 0 unspecified atom stereocenters. The SMILES string of the molecule is CCOc1ccc(NS(=O)(=O)c2c(C)csc2C(=O)Nc2cccc(C(=O)O)c2)cc1. The number of hydrogen-bond donors (Lipinski definition) is 3. The molecular formula is C21H20N2O6S2. The number of benzene rings is 2. The van der Waals surface area contributed by atoms with Crippen LogP contribution in [0.1, 0.15) is 32.5 Å². The van der Waals surface area contributed by atoms with E-state index in [0.717, 1.165) is 11.3 Å². The fraction of sp³-hybridized carbons (Fsp3) is 0.143. The van der Waals surface area contributed by atoms with Crippen LogP contribution in [0.3, 0.4) is 0 Å². The van der Waals surface area contributed by atoms with E-state index in [1.165, 1.54) is 24.3 Å². The zero-order valence-corrected chi connectivity index (χ0v) is 18.3. The third-order valence-corrected chi connectivity index (χ3v) is 6.97. The Morgan fingerprint density at radius 3 is 2.45 bits per heavy atom. The molecule has 0 saturated carbocycles. The highest BCUT2D eigenvalue weighted by molar-refractivity contribution is 7.93. The van der Waals surface area contributed by atoms with Crippen LogP contribution in [0, 0.1) is 6.92 Å². The summed E-state index contributed by atoms with van der Waals surface area (Å²) in [6, 6.07) is 12.1. The topological polar surface area (TPSA) is 122 Å². The Hall–Kier alpha value is -3.37. The Morgan fingerprint density at radius 2 is 1.81 bits per heavy atom. The average Bonchev–Trinajstić information content (AvgIpc) is 3.12. The van der Waals surface area contributed by atoms with Crippen molar-refractivity contribution in [3.8, 4) is 5.75 Å². The third kappa shape index (κ3) is 5.22. The molecule has 0 saturated heterocycles. The number of carbonyl (C=O) groups excluding carboxylic acids is 1. The largest absolute Gasteiger partial charge is 0.494 e. The maximum Gasteiger partial charge on any atom is 0.335 e. The van der Waals surface area contributed by atoms with Crippen molar-refractivity contribution >= 4 is 44.6 Å². The molecule has 8 nitrogen and oxygen atoms in total. The molecule has 0 aliphatic rings. The number of nitrogens with one attached hydrogen (secondary N) is 2. The third-order valence-electron chi connectivity index (χ3n) is 4.18. The molecule has 0 fully saturated rings. The molecule has 0 bridgehead atoms. The molecule has 31 heavy (non-hydrogen) atoms. The summed E-state index contributed by atoms with van der Waals surface area (Å²) in [7, 11) is -4.05. The van der Waals surface area contributed by atoms with Crippen LogP contribution in [0.15, 0.2) is 58.8 Å². The van der Waals surface area contributed by atoms with Crippen molar-refractivity contribution in [1.82, 2.24) is 0 Å². The first-order valence-electron chi connectivity index (χ1n) is 9.19. The molecule has 3 rings (SSSR count). The minimum atomic E-state index is -4.05. The van der Waals surface area contributed by atoms with Crippen LogP contribution in [-0.4, -0.2) is 32.0 Å². The predicted molar refractivity (Wildman–Crippen MR) is 119 cm³/mol. The van der Waals surface area contributed by atoms with Gasteiger partial charge in [-0.15, -0.1) is 11.3 Å². The summed E-state index contributed by atoms with van der Waals surface area (Å²) in [4.78, 5) is 23.8. The lowest BCUT2D eigenvalue weighted by molar-refractivity contribution is 0.0696. The standard InChI is InChI=1S/C21H20N2O6S2/c1-3-29-17-9-7-15(8-10-17)23-31(27,28)19-13(2)12-30-18(19)20(24)22-16-6-4-5-14(11-16)21(25)26/h4-12,23H,3H2,1-2H3,(H,22,24)(H,25,26). The number of carbonyl (C=O) groups is 2. The van der Waals surface area contributed by atoms with Gasteiger partial charge >= 0.3 is 5.97 Å². The van der Waals surface area contributed by atoms with E-state index in [1.807, 2.05) is 6.92 Å². The van der Waals surface area contributed by atoms with Gasteiger partial charge in [0.25, 0.3) is 15.9 Å². The summed E-state index contributed by atoms with van der Waals surface area (Å²) in [5.41, 5.74) is 1.01. The first kappa shape index (κ1) is 22.3. The lowest BCUT2D eigenvalue weighted by atomic mass is 10.2. The van der Waals surface area contributed by atoms with Crippen molar-refractivity contribution in [3.63, 3.8) is 0 Å². The number of anilines is 2. The minimum Gasteiger partial charge on any atom is -0.494 e. The van der Waals surface area contributed by atoms with Gasteiger partial charge in [0.2, 0.25) is 0 Å². The molecule has 0 atom stereocenters. The van der Waals surface area contributed by atoms with Crippen molar-refractivity contribution in [2.24, 2.45) is 0 Å². The molecule has 0 radical (unpaired) electrons. The molecule has 10 heteroatoms. The van der Waals surface area contributed by atoms with Crippen molar-refractivity contribution in [3.05, 3.63) is 69.9 Å². The maximum absolute atomic E-state index is 13.0. The van der Waals surface area contributed by atoms with Crippen LogP contribution in [0.5, 0.6) is 5.75 Å². The molecule has 2 aromatic carbocycles. The number of amides is 1. The summed E-state index contributed by atoms with van der Waals surface area (Å²) in [5, 5.41) is 13.2. The summed E-state index contributed by atoms with van der Waals surface area (Å²) >= 11 is 0.993. The van der Waals surface area contributed by atoms with E-state index in [0.29, 0.717) is 23.6 Å². The Bertz CT molecular complexity index is 1220. The molecule has 0 aliphatic heterocycles. The summed E-state index contributed by atoms with van der Waals surface area (Å²) in [6.45, 7) is 3.94. The van der Waals surface area contributed by atoms with Crippen LogP contribution in [0.25, 0.3) is 0 Å². The molecule has 162 valence electrons. The first-order chi connectivity index (χ1) is 14.7. The number of carboxylic acid groups (broad SMARTS) is 1. The highest BCUT2D eigenvalue weighted by Crippen LogP contribution is 2.30. The molecule has 1 heterocycles. The van der Waals surface area contributed by atoms with Gasteiger partial charge in [-0.3, -0.25) is 9.52 Å². The average molecular weight is 461 g/mol. The monoisotopic (exact) mass is 460 g/mol. The maximum atomic E-state index is 13.0. The highest BCUT2D eigenvalue weighted by Gasteiger charge is 2.27. The van der Waals surface area contributed by atoms with Gasteiger partial charge in [-0.05, 0) is 67.3 Å². The van der Waals surface area contributed by atoms with Crippen LogP contribution in [-0.2, 0) is 10.0 Å². The second-order valence-electron chi connectivity index (χ2n) is 6.48. The van der Waals surface area contributed by atoms with Gasteiger partial charge < -0.3 is 15.2 Å². The van der Waals surface area contributed by atoms with Gasteiger partial charge in [-0.2, -0.15) is 0 Å². The molecule has 0 aliphatic carbocycles. The van der Waals surface area contributed by atoms with Crippen molar-refractivity contribution in [2.45, 2.75) is 18.7 Å². The zero-order chi connectivity index (χ0) is 22.6. The predicted octanol–water partition coefficient (Wildman–Crippen LogP) is 4.21. The first-order valence-corrected chi connectivity index (χ1v) is 11.6. The summed E-state index contributed by atoms with van der Waals surface area (Å²) in [5.74, 6) is -1.17. The number of ether oxygens (including phenoxy) is 1. The van der Waals surface area contributed by atoms with Gasteiger partial charge in [-0.25, -0.2) is 13.2 Å². The molecule has 3 N–H and O–H groups in total. The fourth-order valence-electron chi connectivity index (χ4n) is 2.83. The van der Waals surface area contributed by atoms with Crippen molar-refractivity contribution < 1.29 is 27.9 Å².